The average molecular weight is 323 g/mol. The van der Waals surface area contributed by atoms with Crippen LogP contribution in [0, 0.1) is 5.21 Å². The second-order valence-corrected chi connectivity index (χ2v) is 5.60. The summed E-state index contributed by atoms with van der Waals surface area (Å²) in [5.74, 6) is 0. The van der Waals surface area contributed by atoms with Gasteiger partial charge in [-0.15, -0.1) is 0 Å². The lowest BCUT2D eigenvalue weighted by Crippen LogP contribution is -2.24. The fraction of sp³-hybridized carbons (Fsp3) is 0.200. The summed E-state index contributed by atoms with van der Waals surface area (Å²) in [6.45, 7) is 0.158. The number of hydrogen-bond donors (Lipinski definition) is 0. The summed E-state index contributed by atoms with van der Waals surface area (Å²) in [6, 6.07) is 14.4. The first-order valence-electron chi connectivity index (χ1n) is 6.43. The molecule has 0 aromatic heterocycles. The number of halogens is 2. The molecule has 0 bridgehead atoms. The summed E-state index contributed by atoms with van der Waals surface area (Å²) in [7, 11) is 0. The Morgan fingerprint density at radius 1 is 0.952 bits per heavy atom. The predicted octanol–water partition coefficient (Wildman–Crippen LogP) is 4.73. The monoisotopic (exact) mass is 322 g/mol. The van der Waals surface area contributed by atoms with Gasteiger partial charge in [-0.1, -0.05) is 52.3 Å². The summed E-state index contributed by atoms with van der Waals surface area (Å²) in [4.78, 5) is 0.669. The van der Waals surface area contributed by atoms with Crippen molar-refractivity contribution in [1.82, 2.24) is 0 Å². The van der Waals surface area contributed by atoms with E-state index in [1.54, 1.807) is 36.4 Å². The van der Waals surface area contributed by atoms with Crippen LogP contribution in [0.25, 0.3) is 0 Å². The fourth-order valence-corrected chi connectivity index (χ4v) is 2.42. The van der Waals surface area contributed by atoms with E-state index in [0.717, 1.165) is 11.1 Å². The zero-order valence-electron chi connectivity index (χ0n) is 10.9. The average Bonchev–Trinajstić information content (AvgIpc) is 2.48. The molecule has 0 fully saturated rings. The predicted molar refractivity (Wildman–Crippen MR) is 80.4 cm³/mol. The largest absolute Gasteiger partial charge is 0.600 e. The van der Waals surface area contributed by atoms with E-state index >= 15 is 0 Å². The van der Waals surface area contributed by atoms with Crippen LogP contribution in [0.4, 0.5) is 0 Å². The van der Waals surface area contributed by atoms with Gasteiger partial charge in [-0.25, -0.2) is 0 Å². The Morgan fingerprint density at radius 2 is 1.48 bits per heavy atom. The molecule has 2 aromatic carbocycles. The summed E-state index contributed by atoms with van der Waals surface area (Å²) < 4.78 is 5.91. The maximum Gasteiger partial charge on any atom is 0.238 e. The van der Waals surface area contributed by atoms with E-state index in [-0.39, 0.29) is 12.6 Å². The quantitative estimate of drug-likeness (QED) is 0.593. The van der Waals surface area contributed by atoms with Gasteiger partial charge in [0.15, 0.2) is 0 Å². The van der Waals surface area contributed by atoms with E-state index < -0.39 is 6.23 Å². The Balaban J connectivity index is 1.85. The lowest BCUT2D eigenvalue weighted by atomic mass is 10.1. The Kier molecular flexibility index (Phi) is 4.10. The maximum atomic E-state index is 11.8. The first-order chi connectivity index (χ1) is 10.1. The molecule has 6 heteroatoms. The molecule has 0 N–H and O–H groups in total. The molecule has 0 saturated heterocycles. The maximum absolute atomic E-state index is 11.8. The zero-order chi connectivity index (χ0) is 14.8. The van der Waals surface area contributed by atoms with Crippen molar-refractivity contribution in [3.63, 3.8) is 0 Å². The summed E-state index contributed by atoms with van der Waals surface area (Å²) in [5.41, 5.74) is 1.69. The van der Waals surface area contributed by atoms with Gasteiger partial charge in [0.2, 0.25) is 12.8 Å². The molecule has 1 heterocycles. The molecule has 4 nitrogen and oxygen atoms in total. The summed E-state index contributed by atoms with van der Waals surface area (Å²) in [6.07, 6.45) is -0.980. The highest BCUT2D eigenvalue weighted by Gasteiger charge is 2.29. The van der Waals surface area contributed by atoms with Crippen LogP contribution in [-0.4, -0.2) is 11.4 Å². The molecule has 0 radical (unpaired) electrons. The minimum absolute atomic E-state index is 0.158. The van der Waals surface area contributed by atoms with E-state index in [0.29, 0.717) is 14.9 Å². The number of rotatable bonds is 2. The molecular formula is C15H12Cl2N2O2. The highest BCUT2D eigenvalue weighted by atomic mass is 35.5. The van der Waals surface area contributed by atoms with Crippen LogP contribution in [0.1, 0.15) is 23.5 Å². The molecule has 0 aliphatic carbocycles. The first kappa shape index (κ1) is 14.3. The molecule has 2 atom stereocenters. The Bertz CT molecular complexity index is 656. The third-order valence-electron chi connectivity index (χ3n) is 3.25. The van der Waals surface area contributed by atoms with Gasteiger partial charge in [0.05, 0.1) is 0 Å². The minimum Gasteiger partial charge on any atom is -0.600 e. The van der Waals surface area contributed by atoms with Crippen molar-refractivity contribution in [2.75, 3.05) is 6.54 Å². The smallest absolute Gasteiger partial charge is 0.238 e. The number of nitrogens with zero attached hydrogens (tertiary/aromatic N) is 2. The fourth-order valence-electron chi connectivity index (χ4n) is 2.17. The molecule has 3 rings (SSSR count). The van der Waals surface area contributed by atoms with Crippen molar-refractivity contribution in [2.45, 2.75) is 12.3 Å². The van der Waals surface area contributed by atoms with Crippen LogP contribution in [0.3, 0.4) is 0 Å². The normalized spacial score (nSPS) is 21.9. The van der Waals surface area contributed by atoms with Crippen molar-refractivity contribution >= 4 is 23.2 Å². The SMILES string of the molecule is [O-][N+]1=NC(c2ccc(Cl)cc2)OC(c2ccc(Cl)cc2)C1. The molecule has 1 aliphatic heterocycles. The minimum atomic E-state index is -0.630. The van der Waals surface area contributed by atoms with E-state index in [1.165, 1.54) is 0 Å². The van der Waals surface area contributed by atoms with Gasteiger partial charge in [-0.2, -0.15) is 0 Å². The van der Waals surface area contributed by atoms with E-state index in [2.05, 4.69) is 5.11 Å². The second-order valence-electron chi connectivity index (χ2n) is 4.73. The van der Waals surface area contributed by atoms with Crippen molar-refractivity contribution in [2.24, 2.45) is 5.11 Å². The molecule has 2 aromatic rings. The van der Waals surface area contributed by atoms with Crippen molar-refractivity contribution in [3.05, 3.63) is 74.9 Å². The number of benzene rings is 2. The lowest BCUT2D eigenvalue weighted by Gasteiger charge is -2.24. The van der Waals surface area contributed by atoms with Crippen LogP contribution < -0.4 is 0 Å². The van der Waals surface area contributed by atoms with Crippen LogP contribution in [0.5, 0.6) is 0 Å². The standard InChI is InChI=1S/C15H12Cl2N2O2/c16-12-5-1-10(2-6-12)14-9-19(20)18-15(21-14)11-3-7-13(17)8-4-11/h1-8,14-15H,9H2. The Labute approximate surface area is 132 Å². The number of hydrogen-bond acceptors (Lipinski definition) is 3. The van der Waals surface area contributed by atoms with E-state index in [4.69, 9.17) is 27.9 Å². The van der Waals surface area contributed by atoms with Crippen LogP contribution >= 0.6 is 23.2 Å². The van der Waals surface area contributed by atoms with Crippen molar-refractivity contribution in [1.29, 1.82) is 0 Å². The van der Waals surface area contributed by atoms with E-state index in [9.17, 15) is 5.21 Å². The molecule has 21 heavy (non-hydrogen) atoms. The van der Waals surface area contributed by atoms with Gasteiger partial charge >= 0.3 is 0 Å². The lowest BCUT2D eigenvalue weighted by molar-refractivity contribution is -0.568. The van der Waals surface area contributed by atoms with Gasteiger partial charge in [0.1, 0.15) is 6.10 Å². The van der Waals surface area contributed by atoms with Gasteiger partial charge in [-0.3, -0.25) is 0 Å². The molecule has 0 amide bonds. The third-order valence-corrected chi connectivity index (χ3v) is 3.75. The zero-order valence-corrected chi connectivity index (χ0v) is 12.5. The van der Waals surface area contributed by atoms with Gasteiger partial charge in [0.25, 0.3) is 0 Å². The number of hydroxylamine groups is 1. The summed E-state index contributed by atoms with van der Waals surface area (Å²) in [5, 5.41) is 17.0. The topological polar surface area (TPSA) is 47.7 Å². The van der Waals surface area contributed by atoms with Crippen LogP contribution in [0.2, 0.25) is 10.0 Å². The summed E-state index contributed by atoms with van der Waals surface area (Å²) >= 11 is 11.7. The molecule has 0 saturated carbocycles. The Morgan fingerprint density at radius 3 is 2.05 bits per heavy atom. The third kappa shape index (κ3) is 3.35. The number of azo groups is 1. The molecule has 108 valence electrons. The molecular weight excluding hydrogens is 311 g/mol. The van der Waals surface area contributed by atoms with Crippen molar-refractivity contribution in [3.8, 4) is 0 Å². The highest BCUT2D eigenvalue weighted by molar-refractivity contribution is 6.30. The van der Waals surface area contributed by atoms with Gasteiger partial charge in [-0.05, 0) is 29.8 Å². The Hall–Kier alpha value is -1.62. The van der Waals surface area contributed by atoms with Crippen LogP contribution in [-0.2, 0) is 4.74 Å². The number of ether oxygens (including phenoxy) is 1. The molecule has 0 spiro atoms. The van der Waals surface area contributed by atoms with Crippen molar-refractivity contribution < 1.29 is 9.60 Å². The van der Waals surface area contributed by atoms with E-state index in [1.807, 2.05) is 12.1 Å². The molecule has 1 aliphatic rings. The second kappa shape index (κ2) is 6.02. The first-order valence-corrected chi connectivity index (χ1v) is 7.19. The highest BCUT2D eigenvalue weighted by Crippen LogP contribution is 2.32. The van der Waals surface area contributed by atoms with Gasteiger partial charge in [0, 0.05) is 20.7 Å². The van der Waals surface area contributed by atoms with Gasteiger partial charge < -0.3 is 9.94 Å². The van der Waals surface area contributed by atoms with Crippen LogP contribution in [0.15, 0.2) is 53.6 Å². The molecule has 2 unspecified atom stereocenters.